The van der Waals surface area contributed by atoms with Gasteiger partial charge >= 0.3 is 0 Å². The molecular formula is C25H27N3O2. The first kappa shape index (κ1) is 18.3. The summed E-state index contributed by atoms with van der Waals surface area (Å²) in [5.41, 5.74) is 2.88. The third kappa shape index (κ3) is 2.90. The van der Waals surface area contributed by atoms with Crippen LogP contribution < -0.4 is 0 Å². The average molecular weight is 402 g/mol. The molecule has 1 amide bonds. The van der Waals surface area contributed by atoms with Gasteiger partial charge in [-0.3, -0.25) is 4.79 Å². The van der Waals surface area contributed by atoms with E-state index in [-0.39, 0.29) is 11.5 Å². The van der Waals surface area contributed by atoms with Gasteiger partial charge in [0.15, 0.2) is 5.82 Å². The number of carbonyl (C=O) groups is 1. The number of aromatic nitrogens is 2. The van der Waals surface area contributed by atoms with E-state index in [1.54, 1.807) is 0 Å². The number of nitrogens with zero attached hydrogens (tertiary/aromatic N) is 3. The monoisotopic (exact) mass is 401 g/mol. The van der Waals surface area contributed by atoms with Gasteiger partial charge in [0.2, 0.25) is 5.91 Å². The smallest absolute Gasteiger partial charge is 0.226 e. The van der Waals surface area contributed by atoms with Gasteiger partial charge in [0.1, 0.15) is 5.60 Å². The van der Waals surface area contributed by atoms with Gasteiger partial charge in [-0.05, 0) is 49.5 Å². The predicted molar refractivity (Wildman–Crippen MR) is 113 cm³/mol. The Hall–Kier alpha value is -2.53. The fourth-order valence-corrected chi connectivity index (χ4v) is 5.90. The van der Waals surface area contributed by atoms with Crippen molar-refractivity contribution < 1.29 is 9.53 Å². The third-order valence-corrected chi connectivity index (χ3v) is 7.56. The first-order valence-electron chi connectivity index (χ1n) is 11.2. The molecule has 1 aromatic carbocycles. The minimum atomic E-state index is -0.384. The highest BCUT2D eigenvalue weighted by molar-refractivity contribution is 5.80. The quantitative estimate of drug-likeness (QED) is 0.720. The Morgan fingerprint density at radius 1 is 1.10 bits per heavy atom. The molecule has 2 bridgehead atoms. The predicted octanol–water partition coefficient (Wildman–Crippen LogP) is 3.75. The summed E-state index contributed by atoms with van der Waals surface area (Å²) in [7, 11) is 0. The Morgan fingerprint density at radius 3 is 2.67 bits per heavy atom. The number of ether oxygens (including phenoxy) is 1. The van der Waals surface area contributed by atoms with Gasteiger partial charge in [-0.2, -0.15) is 0 Å². The average Bonchev–Trinajstić information content (AvgIpc) is 3.44. The van der Waals surface area contributed by atoms with Crippen LogP contribution in [0.3, 0.4) is 0 Å². The number of piperidine rings is 1. The van der Waals surface area contributed by atoms with Crippen LogP contribution in [0.25, 0.3) is 11.4 Å². The molecule has 1 spiro atoms. The maximum atomic E-state index is 13.2. The zero-order valence-electron chi connectivity index (χ0n) is 17.2. The van der Waals surface area contributed by atoms with Crippen LogP contribution in [-0.4, -0.2) is 40.5 Å². The van der Waals surface area contributed by atoms with Gasteiger partial charge in [-0.15, -0.1) is 0 Å². The van der Waals surface area contributed by atoms with Crippen molar-refractivity contribution in [3.63, 3.8) is 0 Å². The van der Waals surface area contributed by atoms with Crippen molar-refractivity contribution in [2.45, 2.75) is 37.7 Å². The SMILES string of the molecule is O=C([C@@H]1C[C@@H]2C=C[C@H]1C2)N1CCC2(CC1)OCCc1cnc(-c3ccccc3)nc12. The van der Waals surface area contributed by atoms with E-state index in [9.17, 15) is 4.79 Å². The van der Waals surface area contributed by atoms with Crippen LogP contribution in [0.15, 0.2) is 48.7 Å². The molecule has 2 aromatic rings. The van der Waals surface area contributed by atoms with Crippen molar-refractivity contribution in [3.8, 4) is 11.4 Å². The standard InChI is InChI=1S/C25H27N3O2/c29-24(21-15-17-6-7-19(21)14-17)28-11-9-25(10-12-28)22-20(8-13-30-25)16-26-23(27-22)18-4-2-1-3-5-18/h1-7,16-17,19,21H,8-15H2/t17-,19+,21-/m1/s1. The lowest BCUT2D eigenvalue weighted by atomic mass is 9.82. The molecule has 2 aliphatic heterocycles. The zero-order valence-corrected chi connectivity index (χ0v) is 17.2. The first-order chi connectivity index (χ1) is 14.7. The normalized spacial score (nSPS) is 28.7. The zero-order chi connectivity index (χ0) is 20.1. The van der Waals surface area contributed by atoms with Crippen LogP contribution in [0.4, 0.5) is 0 Å². The topological polar surface area (TPSA) is 55.3 Å². The molecule has 1 saturated heterocycles. The lowest BCUT2D eigenvalue weighted by Crippen LogP contribution is -2.50. The summed E-state index contributed by atoms with van der Waals surface area (Å²) in [6, 6.07) is 10.1. The highest BCUT2D eigenvalue weighted by atomic mass is 16.5. The number of fused-ring (bicyclic) bond motifs is 4. The number of hydrogen-bond acceptors (Lipinski definition) is 4. The van der Waals surface area contributed by atoms with Gasteiger partial charge in [0.05, 0.1) is 12.3 Å². The molecule has 2 fully saturated rings. The summed E-state index contributed by atoms with van der Waals surface area (Å²) in [6.07, 6.45) is 11.2. The van der Waals surface area contributed by atoms with E-state index < -0.39 is 0 Å². The van der Waals surface area contributed by atoms with Crippen molar-refractivity contribution in [2.24, 2.45) is 17.8 Å². The van der Waals surface area contributed by atoms with Crippen LogP contribution in [0, 0.1) is 17.8 Å². The van der Waals surface area contributed by atoms with E-state index >= 15 is 0 Å². The Bertz CT molecular complexity index is 995. The van der Waals surface area contributed by atoms with E-state index in [1.165, 1.54) is 12.0 Å². The lowest BCUT2D eigenvalue weighted by Gasteiger charge is -2.44. The van der Waals surface area contributed by atoms with Gasteiger partial charge in [0, 0.05) is 30.8 Å². The van der Waals surface area contributed by atoms with Crippen LogP contribution in [0.5, 0.6) is 0 Å². The number of likely N-dealkylation sites (tertiary alicyclic amines) is 1. The second-order valence-electron chi connectivity index (χ2n) is 9.24. The number of allylic oxidation sites excluding steroid dienone is 2. The van der Waals surface area contributed by atoms with Crippen molar-refractivity contribution in [2.75, 3.05) is 19.7 Å². The molecule has 4 aliphatic rings. The molecule has 1 saturated carbocycles. The minimum Gasteiger partial charge on any atom is -0.368 e. The number of rotatable bonds is 2. The molecule has 0 radical (unpaired) electrons. The van der Waals surface area contributed by atoms with Crippen molar-refractivity contribution in [3.05, 3.63) is 59.9 Å². The summed E-state index contributed by atoms with van der Waals surface area (Å²) in [4.78, 5) is 24.9. The Balaban J connectivity index is 1.24. The summed E-state index contributed by atoms with van der Waals surface area (Å²) in [5.74, 6) is 2.39. The van der Waals surface area contributed by atoms with Crippen LogP contribution in [-0.2, 0) is 21.6 Å². The molecule has 154 valence electrons. The van der Waals surface area contributed by atoms with Crippen molar-refractivity contribution in [1.29, 1.82) is 0 Å². The van der Waals surface area contributed by atoms with Crippen molar-refractivity contribution in [1.82, 2.24) is 14.9 Å². The van der Waals surface area contributed by atoms with Crippen molar-refractivity contribution >= 4 is 5.91 Å². The maximum Gasteiger partial charge on any atom is 0.226 e. The second kappa shape index (κ2) is 7.02. The molecule has 5 nitrogen and oxygen atoms in total. The molecule has 1 aromatic heterocycles. The first-order valence-corrected chi connectivity index (χ1v) is 11.2. The highest BCUT2D eigenvalue weighted by Gasteiger charge is 2.46. The largest absolute Gasteiger partial charge is 0.368 e. The summed E-state index contributed by atoms with van der Waals surface area (Å²) in [6.45, 7) is 2.20. The van der Waals surface area contributed by atoms with E-state index in [1.807, 2.05) is 36.5 Å². The van der Waals surface area contributed by atoms with E-state index in [0.717, 1.165) is 55.9 Å². The lowest BCUT2D eigenvalue weighted by molar-refractivity contribution is -0.146. The summed E-state index contributed by atoms with van der Waals surface area (Å²) < 4.78 is 6.39. The van der Waals surface area contributed by atoms with Crippen LogP contribution in [0.1, 0.15) is 36.9 Å². The Morgan fingerprint density at radius 2 is 1.93 bits per heavy atom. The number of hydrogen-bond donors (Lipinski definition) is 0. The van der Waals surface area contributed by atoms with E-state index in [0.29, 0.717) is 24.3 Å². The van der Waals surface area contributed by atoms with E-state index in [2.05, 4.69) is 22.0 Å². The molecule has 5 heteroatoms. The molecule has 3 atom stereocenters. The van der Waals surface area contributed by atoms with Gasteiger partial charge < -0.3 is 9.64 Å². The molecule has 0 N–H and O–H groups in total. The fourth-order valence-electron chi connectivity index (χ4n) is 5.90. The number of amides is 1. The summed E-state index contributed by atoms with van der Waals surface area (Å²) in [5, 5.41) is 0. The summed E-state index contributed by atoms with van der Waals surface area (Å²) >= 11 is 0. The molecule has 30 heavy (non-hydrogen) atoms. The van der Waals surface area contributed by atoms with E-state index in [4.69, 9.17) is 9.72 Å². The van der Waals surface area contributed by atoms with Crippen LogP contribution >= 0.6 is 0 Å². The second-order valence-corrected chi connectivity index (χ2v) is 9.24. The molecule has 6 rings (SSSR count). The molecule has 0 unspecified atom stereocenters. The number of benzene rings is 1. The Labute approximate surface area is 177 Å². The third-order valence-electron chi connectivity index (χ3n) is 7.56. The van der Waals surface area contributed by atoms with Crippen LogP contribution in [0.2, 0.25) is 0 Å². The Kier molecular flexibility index (Phi) is 4.27. The van der Waals surface area contributed by atoms with Gasteiger partial charge in [-0.25, -0.2) is 9.97 Å². The fraction of sp³-hybridized carbons (Fsp3) is 0.480. The number of carbonyl (C=O) groups excluding carboxylic acids is 1. The minimum absolute atomic E-state index is 0.195. The van der Waals surface area contributed by atoms with Gasteiger partial charge in [-0.1, -0.05) is 42.5 Å². The highest BCUT2D eigenvalue weighted by Crippen LogP contribution is 2.46. The molecule has 2 aliphatic carbocycles. The molecule has 3 heterocycles. The molecular weight excluding hydrogens is 374 g/mol. The van der Waals surface area contributed by atoms with Gasteiger partial charge in [0.25, 0.3) is 0 Å². The maximum absolute atomic E-state index is 13.2.